The molecule has 0 aliphatic carbocycles. The summed E-state index contributed by atoms with van der Waals surface area (Å²) in [7, 11) is 2.96. The van der Waals surface area contributed by atoms with Crippen molar-refractivity contribution in [3.63, 3.8) is 0 Å². The third-order valence-corrected chi connectivity index (χ3v) is 5.07. The molecule has 0 saturated carbocycles. The Morgan fingerprint density at radius 3 is 2.24 bits per heavy atom. The zero-order valence-electron chi connectivity index (χ0n) is 17.2. The van der Waals surface area contributed by atoms with Crippen LogP contribution in [0.2, 0.25) is 0 Å². The lowest BCUT2D eigenvalue weighted by atomic mass is 10.0. The molecule has 0 aromatic heterocycles. The molecule has 1 aliphatic rings. The van der Waals surface area contributed by atoms with Gasteiger partial charge in [0.05, 0.1) is 25.4 Å². The van der Waals surface area contributed by atoms with Crippen molar-refractivity contribution in [2.45, 2.75) is 20.3 Å². The monoisotopic (exact) mass is 391 g/mol. The molecule has 5 heteroatoms. The standard InChI is InChI=1S/C24H25NO4/c1-16-5-7-19(8-6-16)15-21-22(24(27)29-4)17(2)25(23(21)26)14-13-18-9-11-20(28-3)12-10-18/h5-12,15H,13-14H2,1-4H3/b21-15-. The molecule has 29 heavy (non-hydrogen) atoms. The van der Waals surface area contributed by atoms with Gasteiger partial charge in [-0.15, -0.1) is 0 Å². The summed E-state index contributed by atoms with van der Waals surface area (Å²) in [6.07, 6.45) is 2.42. The Kier molecular flexibility index (Phi) is 6.17. The Bertz CT molecular complexity index is 969. The highest BCUT2D eigenvalue weighted by atomic mass is 16.5. The number of benzene rings is 2. The molecule has 1 heterocycles. The van der Waals surface area contributed by atoms with E-state index >= 15 is 0 Å². The number of nitrogens with zero attached hydrogens (tertiary/aromatic N) is 1. The van der Waals surface area contributed by atoms with E-state index in [1.165, 1.54) is 7.11 Å². The summed E-state index contributed by atoms with van der Waals surface area (Å²) in [5.74, 6) is 0.108. The number of carbonyl (C=O) groups is 2. The molecule has 2 aromatic rings. The second kappa shape index (κ2) is 8.78. The van der Waals surface area contributed by atoms with Gasteiger partial charge in [0.15, 0.2) is 0 Å². The van der Waals surface area contributed by atoms with Gasteiger partial charge < -0.3 is 14.4 Å². The van der Waals surface area contributed by atoms with Crippen molar-refractivity contribution >= 4 is 18.0 Å². The topological polar surface area (TPSA) is 55.8 Å². The van der Waals surface area contributed by atoms with Gasteiger partial charge in [0.1, 0.15) is 5.75 Å². The van der Waals surface area contributed by atoms with Crippen molar-refractivity contribution in [1.29, 1.82) is 0 Å². The fraction of sp³-hybridized carbons (Fsp3) is 0.250. The second-order valence-corrected chi connectivity index (χ2v) is 6.98. The van der Waals surface area contributed by atoms with Crippen LogP contribution in [0.3, 0.4) is 0 Å². The quantitative estimate of drug-likeness (QED) is 0.553. The van der Waals surface area contributed by atoms with E-state index in [4.69, 9.17) is 9.47 Å². The Labute approximate surface area is 171 Å². The van der Waals surface area contributed by atoms with Gasteiger partial charge in [-0.1, -0.05) is 42.0 Å². The van der Waals surface area contributed by atoms with Crippen LogP contribution in [-0.4, -0.2) is 37.5 Å². The molecule has 0 atom stereocenters. The van der Waals surface area contributed by atoms with Crippen LogP contribution >= 0.6 is 0 Å². The fourth-order valence-corrected chi connectivity index (χ4v) is 3.36. The molecule has 0 unspecified atom stereocenters. The first-order valence-electron chi connectivity index (χ1n) is 9.47. The lowest BCUT2D eigenvalue weighted by Crippen LogP contribution is -2.27. The molecule has 3 rings (SSSR count). The number of carbonyl (C=O) groups excluding carboxylic acids is 2. The van der Waals surface area contributed by atoms with Crippen LogP contribution in [0.5, 0.6) is 5.75 Å². The minimum Gasteiger partial charge on any atom is -0.497 e. The normalized spacial score (nSPS) is 15.2. The van der Waals surface area contributed by atoms with E-state index in [9.17, 15) is 9.59 Å². The number of amides is 1. The molecule has 5 nitrogen and oxygen atoms in total. The number of allylic oxidation sites excluding steroid dienone is 1. The highest BCUT2D eigenvalue weighted by Crippen LogP contribution is 2.31. The van der Waals surface area contributed by atoms with Gasteiger partial charge in [0, 0.05) is 12.2 Å². The highest BCUT2D eigenvalue weighted by Gasteiger charge is 2.36. The van der Waals surface area contributed by atoms with Gasteiger partial charge in [-0.25, -0.2) is 4.79 Å². The van der Waals surface area contributed by atoms with Crippen LogP contribution < -0.4 is 4.74 Å². The second-order valence-electron chi connectivity index (χ2n) is 6.98. The maximum Gasteiger partial charge on any atom is 0.340 e. The summed E-state index contributed by atoms with van der Waals surface area (Å²) in [4.78, 5) is 27.2. The van der Waals surface area contributed by atoms with Crippen molar-refractivity contribution in [3.05, 3.63) is 82.1 Å². The lowest BCUT2D eigenvalue weighted by Gasteiger charge is -2.18. The SMILES string of the molecule is COC(=O)C1=C(C)N(CCc2ccc(OC)cc2)C(=O)/C1=C\c1ccc(C)cc1. The molecular formula is C24H25NO4. The first-order valence-corrected chi connectivity index (χ1v) is 9.47. The van der Waals surface area contributed by atoms with E-state index in [1.54, 1.807) is 25.0 Å². The first-order chi connectivity index (χ1) is 13.9. The maximum atomic E-state index is 13.1. The Balaban J connectivity index is 1.87. The van der Waals surface area contributed by atoms with E-state index in [-0.39, 0.29) is 5.91 Å². The molecule has 0 spiro atoms. The van der Waals surface area contributed by atoms with Crippen LogP contribution in [0.4, 0.5) is 0 Å². The van der Waals surface area contributed by atoms with Crippen molar-refractivity contribution in [2.24, 2.45) is 0 Å². The molecule has 1 aliphatic heterocycles. The summed E-state index contributed by atoms with van der Waals surface area (Å²) < 4.78 is 10.1. The predicted molar refractivity (Wildman–Crippen MR) is 112 cm³/mol. The van der Waals surface area contributed by atoms with Crippen LogP contribution in [0.25, 0.3) is 6.08 Å². The number of hydrogen-bond donors (Lipinski definition) is 0. The lowest BCUT2D eigenvalue weighted by molar-refractivity contribution is -0.136. The third kappa shape index (κ3) is 4.40. The Hall–Kier alpha value is -3.34. The minimum absolute atomic E-state index is 0.183. The van der Waals surface area contributed by atoms with Crippen molar-refractivity contribution < 1.29 is 19.1 Å². The van der Waals surface area contributed by atoms with E-state index in [1.807, 2.05) is 55.5 Å². The number of aryl methyl sites for hydroxylation is 1. The molecule has 0 fully saturated rings. The number of ether oxygens (including phenoxy) is 2. The molecule has 0 radical (unpaired) electrons. The van der Waals surface area contributed by atoms with Crippen LogP contribution in [0, 0.1) is 6.92 Å². The van der Waals surface area contributed by atoms with Crippen molar-refractivity contribution in [1.82, 2.24) is 4.90 Å². The molecule has 150 valence electrons. The fourth-order valence-electron chi connectivity index (χ4n) is 3.36. The van der Waals surface area contributed by atoms with Gasteiger partial charge in [-0.2, -0.15) is 0 Å². The van der Waals surface area contributed by atoms with Gasteiger partial charge in [0.25, 0.3) is 5.91 Å². The van der Waals surface area contributed by atoms with Crippen LogP contribution in [0.1, 0.15) is 23.6 Å². The zero-order valence-corrected chi connectivity index (χ0v) is 17.2. The smallest absolute Gasteiger partial charge is 0.340 e. The summed E-state index contributed by atoms with van der Waals surface area (Å²) >= 11 is 0. The summed E-state index contributed by atoms with van der Waals surface area (Å²) in [6.45, 7) is 4.26. The minimum atomic E-state index is -0.499. The van der Waals surface area contributed by atoms with E-state index in [0.29, 0.717) is 29.8 Å². The van der Waals surface area contributed by atoms with Crippen LogP contribution in [0.15, 0.2) is 65.4 Å². The van der Waals surface area contributed by atoms with E-state index in [2.05, 4.69) is 0 Å². The zero-order chi connectivity index (χ0) is 21.0. The van der Waals surface area contributed by atoms with E-state index < -0.39 is 5.97 Å². The van der Waals surface area contributed by atoms with E-state index in [0.717, 1.165) is 22.4 Å². The summed E-state index contributed by atoms with van der Waals surface area (Å²) in [5, 5.41) is 0. The predicted octanol–water partition coefficient (Wildman–Crippen LogP) is 3.92. The molecular weight excluding hydrogens is 366 g/mol. The van der Waals surface area contributed by atoms with Crippen molar-refractivity contribution in [2.75, 3.05) is 20.8 Å². The summed E-state index contributed by atoms with van der Waals surface area (Å²) in [5.41, 5.74) is 4.40. The Morgan fingerprint density at radius 1 is 1.00 bits per heavy atom. The number of methoxy groups -OCH3 is 2. The molecule has 0 N–H and O–H groups in total. The van der Waals surface area contributed by atoms with Crippen molar-refractivity contribution in [3.8, 4) is 5.75 Å². The molecule has 1 amide bonds. The average Bonchev–Trinajstić information content (AvgIpc) is 2.97. The van der Waals surface area contributed by atoms with Gasteiger partial charge in [0.2, 0.25) is 0 Å². The van der Waals surface area contributed by atoms with Gasteiger partial charge >= 0.3 is 5.97 Å². The van der Waals surface area contributed by atoms with Gasteiger partial charge in [-0.3, -0.25) is 4.79 Å². The molecule has 0 saturated heterocycles. The molecule has 2 aromatic carbocycles. The first kappa shape index (κ1) is 20.4. The number of rotatable bonds is 6. The van der Waals surface area contributed by atoms with Crippen LogP contribution in [-0.2, 0) is 20.7 Å². The largest absolute Gasteiger partial charge is 0.497 e. The maximum absolute atomic E-state index is 13.1. The third-order valence-electron chi connectivity index (χ3n) is 5.07. The molecule has 0 bridgehead atoms. The Morgan fingerprint density at radius 2 is 1.66 bits per heavy atom. The highest BCUT2D eigenvalue weighted by molar-refractivity contribution is 6.16. The number of hydrogen-bond acceptors (Lipinski definition) is 4. The summed E-state index contributed by atoms with van der Waals surface area (Å²) in [6, 6.07) is 15.5. The van der Waals surface area contributed by atoms with Gasteiger partial charge in [-0.05, 0) is 49.6 Å². The average molecular weight is 391 g/mol. The number of esters is 1.